The van der Waals surface area contributed by atoms with Crippen LogP contribution in [0.3, 0.4) is 0 Å². The van der Waals surface area contributed by atoms with Crippen LogP contribution in [0.15, 0.2) is 35.8 Å². The Morgan fingerprint density at radius 3 is 2.66 bits per heavy atom. The number of fused-ring (bicyclic) bond motifs is 1. The van der Waals surface area contributed by atoms with Gasteiger partial charge < -0.3 is 19.7 Å². The summed E-state index contributed by atoms with van der Waals surface area (Å²) >= 11 is 1.54. The van der Waals surface area contributed by atoms with Gasteiger partial charge >= 0.3 is 0 Å². The number of rotatable bonds is 6. The molecule has 0 spiro atoms. The van der Waals surface area contributed by atoms with Crippen molar-refractivity contribution in [2.24, 2.45) is 0 Å². The third-order valence-corrected chi connectivity index (χ3v) is 5.81. The van der Waals surface area contributed by atoms with Gasteiger partial charge in [0.05, 0.1) is 25.0 Å². The van der Waals surface area contributed by atoms with Crippen LogP contribution in [0.2, 0.25) is 0 Å². The van der Waals surface area contributed by atoms with Gasteiger partial charge in [-0.25, -0.2) is 4.98 Å². The molecular weight excluding hydrogens is 388 g/mol. The molecule has 2 aromatic heterocycles. The van der Waals surface area contributed by atoms with E-state index in [1.54, 1.807) is 7.11 Å². The van der Waals surface area contributed by atoms with Crippen LogP contribution in [0, 0.1) is 0 Å². The molecule has 7 nitrogen and oxygen atoms in total. The average Bonchev–Trinajstić information content (AvgIpc) is 3.29. The Hall–Kier alpha value is -2.42. The van der Waals surface area contributed by atoms with Crippen LogP contribution in [0.4, 0.5) is 0 Å². The minimum absolute atomic E-state index is 0.0239. The summed E-state index contributed by atoms with van der Waals surface area (Å²) in [6.45, 7) is 6.43. The summed E-state index contributed by atoms with van der Waals surface area (Å²) in [4.78, 5) is 20.6. The topological polar surface area (TPSA) is 68.1 Å². The largest absolute Gasteiger partial charge is 0.497 e. The molecule has 1 fully saturated rings. The molecule has 4 rings (SSSR count). The normalized spacial score (nSPS) is 19.6. The second-order valence-corrected chi connectivity index (χ2v) is 8.25. The minimum atomic E-state index is -0.0239. The van der Waals surface area contributed by atoms with E-state index in [0.29, 0.717) is 31.9 Å². The number of methoxy groups -OCH3 is 1. The van der Waals surface area contributed by atoms with Crippen molar-refractivity contribution in [3.05, 3.63) is 52.8 Å². The first-order chi connectivity index (χ1) is 14.0. The number of aromatic nitrogens is 2. The molecule has 3 heterocycles. The molecule has 154 valence electrons. The molecule has 29 heavy (non-hydrogen) atoms. The highest BCUT2D eigenvalue weighted by atomic mass is 32.1. The number of carbonyl (C=O) groups excluding carboxylic acids is 1. The fourth-order valence-corrected chi connectivity index (χ4v) is 4.47. The number of morpholine rings is 1. The average molecular weight is 415 g/mol. The number of amides is 1. The number of nitrogens with one attached hydrogen (secondary N) is 1. The van der Waals surface area contributed by atoms with Gasteiger partial charge in [-0.15, -0.1) is 11.3 Å². The monoisotopic (exact) mass is 414 g/mol. The van der Waals surface area contributed by atoms with Crippen molar-refractivity contribution in [2.45, 2.75) is 39.1 Å². The summed E-state index contributed by atoms with van der Waals surface area (Å²) in [6.07, 6.45) is 2.03. The van der Waals surface area contributed by atoms with Crippen molar-refractivity contribution in [3.63, 3.8) is 0 Å². The molecule has 0 bridgehead atoms. The Morgan fingerprint density at radius 1 is 1.24 bits per heavy atom. The molecule has 8 heteroatoms. The van der Waals surface area contributed by atoms with Gasteiger partial charge in [0, 0.05) is 37.8 Å². The smallest absolute Gasteiger partial charge is 0.274 e. The van der Waals surface area contributed by atoms with Crippen molar-refractivity contribution >= 4 is 22.2 Å². The lowest BCUT2D eigenvalue weighted by molar-refractivity contribution is -0.0587. The number of hydrogen-bond acceptors (Lipinski definition) is 6. The van der Waals surface area contributed by atoms with Crippen LogP contribution in [-0.2, 0) is 17.8 Å². The molecule has 1 aromatic carbocycles. The fraction of sp³-hybridized carbons (Fsp3) is 0.429. The minimum Gasteiger partial charge on any atom is -0.497 e. The Labute approximate surface area is 174 Å². The van der Waals surface area contributed by atoms with Crippen molar-refractivity contribution in [1.82, 2.24) is 19.6 Å². The van der Waals surface area contributed by atoms with Gasteiger partial charge in [0.25, 0.3) is 5.91 Å². The summed E-state index contributed by atoms with van der Waals surface area (Å²) < 4.78 is 13.0. The Bertz CT molecular complexity index is 972. The molecule has 0 saturated carbocycles. The van der Waals surface area contributed by atoms with E-state index in [2.05, 4.69) is 10.3 Å². The van der Waals surface area contributed by atoms with Gasteiger partial charge in [0.1, 0.15) is 5.75 Å². The molecule has 0 aliphatic carbocycles. The van der Waals surface area contributed by atoms with Crippen molar-refractivity contribution in [3.8, 4) is 5.75 Å². The van der Waals surface area contributed by atoms with Crippen LogP contribution >= 0.6 is 11.3 Å². The van der Waals surface area contributed by atoms with Gasteiger partial charge in [-0.1, -0.05) is 12.1 Å². The summed E-state index contributed by atoms with van der Waals surface area (Å²) in [7, 11) is 1.66. The lowest BCUT2D eigenvalue weighted by atomic mass is 10.2. The Balaban J connectivity index is 1.50. The lowest BCUT2D eigenvalue weighted by Crippen LogP contribution is -2.48. The highest BCUT2D eigenvalue weighted by molar-refractivity contribution is 7.15. The number of nitrogens with zero attached hydrogens (tertiary/aromatic N) is 3. The van der Waals surface area contributed by atoms with E-state index in [0.717, 1.165) is 22.0 Å². The van der Waals surface area contributed by atoms with Crippen molar-refractivity contribution in [2.75, 3.05) is 20.2 Å². The first-order valence-corrected chi connectivity index (χ1v) is 10.7. The van der Waals surface area contributed by atoms with Gasteiger partial charge in [-0.3, -0.25) is 9.20 Å². The van der Waals surface area contributed by atoms with Gasteiger partial charge in [0.15, 0.2) is 10.7 Å². The first-order valence-electron chi connectivity index (χ1n) is 9.78. The number of imidazole rings is 1. The Morgan fingerprint density at radius 2 is 1.97 bits per heavy atom. The number of ether oxygens (including phenoxy) is 2. The number of hydrogen-bond donors (Lipinski definition) is 1. The predicted molar refractivity (Wildman–Crippen MR) is 113 cm³/mol. The molecule has 3 aromatic rings. The Kier molecular flexibility index (Phi) is 5.84. The van der Waals surface area contributed by atoms with E-state index in [1.165, 1.54) is 11.3 Å². The van der Waals surface area contributed by atoms with E-state index in [1.807, 2.05) is 59.0 Å². The van der Waals surface area contributed by atoms with Crippen LogP contribution < -0.4 is 10.1 Å². The number of benzene rings is 1. The maximum Gasteiger partial charge on any atom is 0.274 e. The highest BCUT2D eigenvalue weighted by Crippen LogP contribution is 2.21. The predicted octanol–water partition coefficient (Wildman–Crippen LogP) is 2.94. The molecule has 2 atom stereocenters. The maximum absolute atomic E-state index is 13.2. The summed E-state index contributed by atoms with van der Waals surface area (Å²) in [6, 6.07) is 7.96. The zero-order valence-corrected chi connectivity index (χ0v) is 17.7. The zero-order valence-electron chi connectivity index (χ0n) is 16.9. The van der Waals surface area contributed by atoms with Crippen molar-refractivity contribution in [1.29, 1.82) is 0 Å². The first kappa shape index (κ1) is 19.9. The second kappa shape index (κ2) is 8.52. The quantitative estimate of drug-likeness (QED) is 0.672. The van der Waals surface area contributed by atoms with Crippen LogP contribution in [0.1, 0.15) is 35.6 Å². The molecule has 1 saturated heterocycles. The van der Waals surface area contributed by atoms with Gasteiger partial charge in [-0.2, -0.15) is 0 Å². The maximum atomic E-state index is 13.2. The summed E-state index contributed by atoms with van der Waals surface area (Å²) in [5, 5.41) is 5.44. The number of carbonyl (C=O) groups is 1. The molecule has 0 unspecified atom stereocenters. The third kappa shape index (κ3) is 4.29. The van der Waals surface area contributed by atoms with E-state index in [-0.39, 0.29) is 18.1 Å². The molecule has 0 radical (unpaired) electrons. The fourth-order valence-electron chi connectivity index (χ4n) is 3.73. The number of thiazole rings is 1. The lowest BCUT2D eigenvalue weighted by Gasteiger charge is -2.35. The molecule has 1 aliphatic rings. The molecule has 1 N–H and O–H groups in total. The zero-order chi connectivity index (χ0) is 20.4. The molecular formula is C21H26N4O3S. The van der Waals surface area contributed by atoms with Gasteiger partial charge in [-0.05, 0) is 31.5 Å². The highest BCUT2D eigenvalue weighted by Gasteiger charge is 2.30. The van der Waals surface area contributed by atoms with Crippen LogP contribution in [-0.4, -0.2) is 52.6 Å². The SMILES string of the molecule is COc1ccc(CNCc2c(C(=O)N3C[C@@H](C)O[C@@H](C)C3)nc3sccn23)cc1. The third-order valence-electron chi connectivity index (χ3n) is 5.05. The van der Waals surface area contributed by atoms with Crippen LogP contribution in [0.25, 0.3) is 4.96 Å². The van der Waals surface area contributed by atoms with Crippen molar-refractivity contribution < 1.29 is 14.3 Å². The van der Waals surface area contributed by atoms with Crippen LogP contribution in [0.5, 0.6) is 5.75 Å². The van der Waals surface area contributed by atoms with E-state index >= 15 is 0 Å². The van der Waals surface area contributed by atoms with E-state index in [9.17, 15) is 4.79 Å². The summed E-state index contributed by atoms with van der Waals surface area (Å²) in [5.74, 6) is 0.815. The van der Waals surface area contributed by atoms with Gasteiger partial charge in [0.2, 0.25) is 0 Å². The second-order valence-electron chi connectivity index (χ2n) is 7.38. The molecule has 1 amide bonds. The standard InChI is InChI=1S/C21H26N4O3S/c1-14-12-24(13-15(2)28-14)20(26)19-18(25-8-9-29-21(25)23-19)11-22-10-16-4-6-17(27-3)7-5-16/h4-9,14-15,22H,10-13H2,1-3H3/t14-,15+. The summed E-state index contributed by atoms with van der Waals surface area (Å²) in [5.41, 5.74) is 2.58. The van der Waals surface area contributed by atoms with E-state index < -0.39 is 0 Å². The van der Waals surface area contributed by atoms with E-state index in [4.69, 9.17) is 9.47 Å². The molecule has 1 aliphatic heterocycles.